The van der Waals surface area contributed by atoms with Gasteiger partial charge < -0.3 is 5.73 Å². The van der Waals surface area contributed by atoms with Crippen LogP contribution in [0.2, 0.25) is 0 Å². The van der Waals surface area contributed by atoms with Crippen molar-refractivity contribution in [2.45, 2.75) is 12.5 Å². The molecule has 1 saturated carbocycles. The molecule has 1 aliphatic rings. The van der Waals surface area contributed by atoms with Gasteiger partial charge in [-0.3, -0.25) is 0 Å². The lowest BCUT2D eigenvalue weighted by atomic mass is 10.5. The fourth-order valence-electron chi connectivity index (χ4n) is 0.363. The molecule has 0 bridgehead atoms. The molecule has 1 unspecified atom stereocenters. The highest BCUT2D eigenvalue weighted by Crippen LogP contribution is 2.25. The van der Waals surface area contributed by atoms with Crippen molar-refractivity contribution in [2.24, 2.45) is 11.7 Å². The van der Waals surface area contributed by atoms with Gasteiger partial charge >= 0.3 is 0 Å². The molecule has 0 aromatic heterocycles. The van der Waals surface area contributed by atoms with Crippen LogP contribution >= 0.6 is 12.4 Å². The third-order valence-corrected chi connectivity index (χ3v) is 1.01. The molecule has 0 spiro atoms. The van der Waals surface area contributed by atoms with Crippen LogP contribution in [-0.4, -0.2) is 6.04 Å². The van der Waals surface area contributed by atoms with Crippen molar-refractivity contribution in [2.75, 3.05) is 0 Å². The predicted octanol–water partition coefficient (Wildman–Crippen LogP) is 0.279. The highest BCUT2D eigenvalue weighted by molar-refractivity contribution is 5.85. The Labute approximate surface area is 48.7 Å². The van der Waals surface area contributed by atoms with Crippen LogP contribution < -0.4 is 5.73 Å². The molecule has 1 aliphatic carbocycles. The van der Waals surface area contributed by atoms with Crippen molar-refractivity contribution in [3.63, 3.8) is 0 Å². The van der Waals surface area contributed by atoms with Crippen LogP contribution in [-0.2, 0) is 0 Å². The van der Waals surface area contributed by atoms with Crippen LogP contribution in [0.15, 0.2) is 0 Å². The lowest BCUT2D eigenvalue weighted by Crippen LogP contribution is -1.99. The zero-order valence-electron chi connectivity index (χ0n) is 3.79. The summed E-state index contributed by atoms with van der Waals surface area (Å²) >= 11 is 0. The van der Waals surface area contributed by atoms with Crippen molar-refractivity contribution in [1.82, 2.24) is 0 Å². The lowest BCUT2D eigenvalue weighted by Gasteiger charge is -1.67. The van der Waals surface area contributed by atoms with E-state index in [1.807, 2.05) is 0 Å². The van der Waals surface area contributed by atoms with Crippen molar-refractivity contribution in [3.8, 4) is 6.07 Å². The van der Waals surface area contributed by atoms with Gasteiger partial charge in [0, 0.05) is 6.04 Å². The number of halogens is 1. The molecule has 0 amide bonds. The zero-order chi connectivity index (χ0) is 4.57. The quantitative estimate of drug-likeness (QED) is 0.497. The second-order valence-corrected chi connectivity index (χ2v) is 1.64. The van der Waals surface area contributed by atoms with Crippen molar-refractivity contribution in [3.05, 3.63) is 0 Å². The van der Waals surface area contributed by atoms with Gasteiger partial charge in [0.15, 0.2) is 0 Å². The van der Waals surface area contributed by atoms with Crippen molar-refractivity contribution < 1.29 is 0 Å². The third kappa shape index (κ3) is 1.34. The van der Waals surface area contributed by atoms with Crippen LogP contribution in [0.5, 0.6) is 0 Å². The van der Waals surface area contributed by atoms with Gasteiger partial charge in [0.05, 0.1) is 12.0 Å². The van der Waals surface area contributed by atoms with E-state index >= 15 is 0 Å². The smallest absolute Gasteiger partial charge is 0.0672 e. The number of nitrogens with zero attached hydrogens (tertiary/aromatic N) is 1. The average Bonchev–Trinajstić information content (AvgIpc) is 2.19. The van der Waals surface area contributed by atoms with Crippen LogP contribution in [0, 0.1) is 17.2 Å². The maximum absolute atomic E-state index is 8.05. The van der Waals surface area contributed by atoms with Gasteiger partial charge in [-0.25, -0.2) is 0 Å². The maximum Gasteiger partial charge on any atom is 0.0672 e. The number of nitriles is 1. The molecule has 0 radical (unpaired) electrons. The van der Waals surface area contributed by atoms with E-state index in [2.05, 4.69) is 6.07 Å². The minimum atomic E-state index is 0. The number of nitrogens with two attached hydrogens (primary N) is 1. The van der Waals surface area contributed by atoms with Gasteiger partial charge in [-0.1, -0.05) is 0 Å². The molecular weight excluding hydrogens is 112 g/mol. The van der Waals surface area contributed by atoms with Gasteiger partial charge in [0.1, 0.15) is 0 Å². The monoisotopic (exact) mass is 118 g/mol. The lowest BCUT2D eigenvalue weighted by molar-refractivity contribution is 0.985. The highest BCUT2D eigenvalue weighted by Gasteiger charge is 2.32. The molecule has 0 aromatic carbocycles. The van der Waals surface area contributed by atoms with Gasteiger partial charge in [-0.2, -0.15) is 5.26 Å². The van der Waals surface area contributed by atoms with E-state index in [4.69, 9.17) is 11.0 Å². The average molecular weight is 119 g/mol. The van der Waals surface area contributed by atoms with Gasteiger partial charge in [0.25, 0.3) is 0 Å². The normalized spacial score (nSPS) is 35.4. The Kier molecular flexibility index (Phi) is 2.07. The van der Waals surface area contributed by atoms with Crippen LogP contribution in [0.4, 0.5) is 0 Å². The molecule has 2 atom stereocenters. The predicted molar refractivity (Wildman–Crippen MR) is 28.9 cm³/mol. The molecule has 0 aromatic rings. The summed E-state index contributed by atoms with van der Waals surface area (Å²) in [6.07, 6.45) is 0.913. The van der Waals surface area contributed by atoms with Gasteiger partial charge in [-0.05, 0) is 6.42 Å². The summed E-state index contributed by atoms with van der Waals surface area (Å²) in [6, 6.07) is 2.27. The van der Waals surface area contributed by atoms with E-state index in [9.17, 15) is 0 Å². The van der Waals surface area contributed by atoms with Crippen molar-refractivity contribution >= 4 is 12.4 Å². The summed E-state index contributed by atoms with van der Waals surface area (Å²) in [5.41, 5.74) is 5.25. The molecule has 7 heavy (non-hydrogen) atoms. The Balaban J connectivity index is 0.000000360. The molecule has 0 aliphatic heterocycles. The van der Waals surface area contributed by atoms with Crippen LogP contribution in [0.3, 0.4) is 0 Å². The molecule has 40 valence electrons. The fraction of sp³-hybridized carbons (Fsp3) is 0.750. The Morgan fingerprint density at radius 1 is 1.71 bits per heavy atom. The second-order valence-electron chi connectivity index (χ2n) is 1.64. The summed E-state index contributed by atoms with van der Waals surface area (Å²) in [5, 5.41) is 8.05. The maximum atomic E-state index is 8.05. The molecule has 0 saturated heterocycles. The van der Waals surface area contributed by atoms with E-state index in [-0.39, 0.29) is 24.4 Å². The molecule has 1 fully saturated rings. The van der Waals surface area contributed by atoms with E-state index in [1.165, 1.54) is 0 Å². The van der Waals surface area contributed by atoms with E-state index in [0.717, 1.165) is 6.42 Å². The summed E-state index contributed by atoms with van der Waals surface area (Å²) in [7, 11) is 0. The number of rotatable bonds is 0. The summed E-state index contributed by atoms with van der Waals surface area (Å²) < 4.78 is 0. The minimum Gasteiger partial charge on any atom is -0.326 e. The Morgan fingerprint density at radius 2 is 2.14 bits per heavy atom. The first kappa shape index (κ1) is 6.74. The molecule has 2 nitrogen and oxygen atoms in total. The molecule has 0 heterocycles. The molecular formula is C4H7ClN2. The zero-order valence-corrected chi connectivity index (χ0v) is 4.61. The highest BCUT2D eigenvalue weighted by atomic mass is 35.5. The third-order valence-electron chi connectivity index (χ3n) is 1.01. The molecule has 2 N–H and O–H groups in total. The van der Waals surface area contributed by atoms with E-state index in [1.54, 1.807) is 0 Å². The first-order chi connectivity index (χ1) is 2.84. The molecule has 1 rings (SSSR count). The topological polar surface area (TPSA) is 49.8 Å². The summed E-state index contributed by atoms with van der Waals surface area (Å²) in [6.45, 7) is 0. The van der Waals surface area contributed by atoms with E-state index < -0.39 is 0 Å². The van der Waals surface area contributed by atoms with Crippen LogP contribution in [0.1, 0.15) is 6.42 Å². The fourth-order valence-corrected chi connectivity index (χ4v) is 0.363. The summed E-state index contributed by atoms with van der Waals surface area (Å²) in [5.74, 6) is 0.185. The first-order valence-electron chi connectivity index (χ1n) is 2.00. The standard InChI is InChI=1S/C4H6N2.ClH/c5-2-3-1-4(3)6;/h3-4H,1,6H2;1H/t3?,4-;/m0./s1. The largest absolute Gasteiger partial charge is 0.326 e. The Bertz CT molecular complexity index is 96.4. The second kappa shape index (κ2) is 2.15. The Hall–Kier alpha value is -0.260. The SMILES string of the molecule is Cl.N#CC1C[C@@H]1N. The van der Waals surface area contributed by atoms with Gasteiger partial charge in [0.2, 0.25) is 0 Å². The van der Waals surface area contributed by atoms with Crippen molar-refractivity contribution in [1.29, 1.82) is 5.26 Å². The first-order valence-corrected chi connectivity index (χ1v) is 2.00. The van der Waals surface area contributed by atoms with Crippen LogP contribution in [0.25, 0.3) is 0 Å². The van der Waals surface area contributed by atoms with E-state index in [0.29, 0.717) is 0 Å². The van der Waals surface area contributed by atoms with Gasteiger partial charge in [-0.15, -0.1) is 12.4 Å². The molecule has 3 heteroatoms. The summed E-state index contributed by atoms with van der Waals surface area (Å²) in [4.78, 5) is 0. The number of hydrogen-bond acceptors (Lipinski definition) is 2. The number of hydrogen-bond donors (Lipinski definition) is 1. The minimum absolute atomic E-state index is 0. The Morgan fingerprint density at radius 3 is 2.14 bits per heavy atom.